The molecular formula is C21H26N4O2. The van der Waals surface area contributed by atoms with Crippen molar-refractivity contribution in [3.63, 3.8) is 0 Å². The fourth-order valence-corrected chi connectivity index (χ4v) is 3.47. The Morgan fingerprint density at radius 3 is 2.78 bits per heavy atom. The van der Waals surface area contributed by atoms with Crippen LogP contribution in [0.25, 0.3) is 22.3 Å². The van der Waals surface area contributed by atoms with Gasteiger partial charge in [-0.05, 0) is 57.5 Å². The molecule has 6 nitrogen and oxygen atoms in total. The lowest BCUT2D eigenvalue weighted by Crippen LogP contribution is -2.20. The summed E-state index contributed by atoms with van der Waals surface area (Å²) < 4.78 is 13.1. The van der Waals surface area contributed by atoms with E-state index in [0.717, 1.165) is 53.4 Å². The summed E-state index contributed by atoms with van der Waals surface area (Å²) in [4.78, 5) is 4.86. The smallest absolute Gasteiger partial charge is 0.119 e. The highest BCUT2D eigenvalue weighted by molar-refractivity contribution is 5.91. The Morgan fingerprint density at radius 2 is 2.11 bits per heavy atom. The molecule has 3 aromatic rings. The third-order valence-electron chi connectivity index (χ3n) is 4.79. The van der Waals surface area contributed by atoms with Crippen LogP contribution in [0.1, 0.15) is 33.2 Å². The van der Waals surface area contributed by atoms with E-state index in [1.807, 2.05) is 29.9 Å². The first-order valence-electron chi connectivity index (χ1n) is 9.61. The van der Waals surface area contributed by atoms with Crippen molar-refractivity contribution in [3.8, 4) is 17.0 Å². The Hall–Kier alpha value is -2.60. The van der Waals surface area contributed by atoms with E-state index in [1.54, 1.807) is 0 Å². The van der Waals surface area contributed by atoms with Crippen LogP contribution < -0.4 is 10.1 Å². The number of nitrogens with zero attached hydrogens (tertiary/aromatic N) is 3. The molecule has 0 aliphatic carbocycles. The lowest BCUT2D eigenvalue weighted by atomic mass is 10.1. The van der Waals surface area contributed by atoms with Gasteiger partial charge in [-0.3, -0.25) is 4.68 Å². The number of aromatic nitrogens is 3. The third-order valence-corrected chi connectivity index (χ3v) is 4.79. The molecule has 142 valence electrons. The molecule has 1 N–H and O–H groups in total. The number of rotatable bonds is 6. The topological polar surface area (TPSA) is 61.2 Å². The van der Waals surface area contributed by atoms with Crippen molar-refractivity contribution in [1.82, 2.24) is 14.8 Å². The maximum atomic E-state index is 5.55. The van der Waals surface area contributed by atoms with Crippen LogP contribution in [0, 0.1) is 0 Å². The number of anilines is 1. The molecule has 2 aromatic heterocycles. The van der Waals surface area contributed by atoms with Gasteiger partial charge in [0.05, 0.1) is 36.8 Å². The van der Waals surface area contributed by atoms with E-state index in [4.69, 9.17) is 14.5 Å². The molecule has 0 bridgehead atoms. The van der Waals surface area contributed by atoms with Gasteiger partial charge >= 0.3 is 0 Å². The molecule has 0 spiro atoms. The van der Waals surface area contributed by atoms with Crippen LogP contribution in [0.3, 0.4) is 0 Å². The number of hydrogen-bond acceptors (Lipinski definition) is 5. The Balaban J connectivity index is 1.77. The molecule has 1 aliphatic heterocycles. The van der Waals surface area contributed by atoms with Gasteiger partial charge in [0.25, 0.3) is 0 Å². The largest absolute Gasteiger partial charge is 0.494 e. The number of pyridine rings is 1. The minimum absolute atomic E-state index is 0.265. The molecule has 1 saturated heterocycles. The minimum atomic E-state index is 0.265. The zero-order valence-corrected chi connectivity index (χ0v) is 16.1. The van der Waals surface area contributed by atoms with Crippen LogP contribution in [-0.4, -0.2) is 40.6 Å². The van der Waals surface area contributed by atoms with Crippen LogP contribution in [0.5, 0.6) is 5.75 Å². The number of hydrogen-bond donors (Lipinski definition) is 1. The van der Waals surface area contributed by atoms with Crippen molar-refractivity contribution in [2.24, 2.45) is 0 Å². The van der Waals surface area contributed by atoms with Crippen LogP contribution in [-0.2, 0) is 4.74 Å². The minimum Gasteiger partial charge on any atom is -0.494 e. The van der Waals surface area contributed by atoms with Gasteiger partial charge in [-0.15, -0.1) is 0 Å². The summed E-state index contributed by atoms with van der Waals surface area (Å²) in [6, 6.07) is 10.8. The Bertz CT molecular complexity index is 912. The van der Waals surface area contributed by atoms with Gasteiger partial charge in [-0.1, -0.05) is 0 Å². The monoisotopic (exact) mass is 366 g/mol. The predicted octanol–water partition coefficient (Wildman–Crippen LogP) is 4.28. The summed E-state index contributed by atoms with van der Waals surface area (Å²) in [5.41, 5.74) is 4.99. The summed E-state index contributed by atoms with van der Waals surface area (Å²) >= 11 is 0. The first-order chi connectivity index (χ1) is 13.2. The summed E-state index contributed by atoms with van der Waals surface area (Å²) in [6.45, 7) is 8.46. The zero-order chi connectivity index (χ0) is 18.8. The maximum Gasteiger partial charge on any atom is 0.119 e. The van der Waals surface area contributed by atoms with Crippen LogP contribution in [0.4, 0.5) is 5.69 Å². The molecule has 6 heteroatoms. The van der Waals surface area contributed by atoms with Gasteiger partial charge in [-0.25, -0.2) is 4.98 Å². The van der Waals surface area contributed by atoms with Crippen molar-refractivity contribution >= 4 is 16.7 Å². The normalized spacial score (nSPS) is 17.0. The Morgan fingerprint density at radius 1 is 1.30 bits per heavy atom. The van der Waals surface area contributed by atoms with Crippen LogP contribution in [0.2, 0.25) is 0 Å². The van der Waals surface area contributed by atoms with E-state index >= 15 is 0 Å². The summed E-state index contributed by atoms with van der Waals surface area (Å²) in [6.07, 6.45) is 2.86. The van der Waals surface area contributed by atoms with Gasteiger partial charge in [0.1, 0.15) is 16.8 Å². The number of benzene rings is 1. The number of ether oxygens (including phenoxy) is 2. The molecular weight excluding hydrogens is 340 g/mol. The van der Waals surface area contributed by atoms with E-state index in [2.05, 4.69) is 42.5 Å². The lowest BCUT2D eigenvalue weighted by Gasteiger charge is -2.17. The zero-order valence-electron chi connectivity index (χ0n) is 16.1. The SMILES string of the molecule is CCOc1ccc(-c2cc(N[C@@H]3CCOC3)c3c(cnn3C(C)C)n2)cc1. The molecule has 27 heavy (non-hydrogen) atoms. The van der Waals surface area contributed by atoms with Crippen molar-refractivity contribution in [3.05, 3.63) is 36.5 Å². The maximum absolute atomic E-state index is 5.55. The molecule has 1 atom stereocenters. The molecule has 0 unspecified atom stereocenters. The van der Waals surface area contributed by atoms with Crippen molar-refractivity contribution in [1.29, 1.82) is 0 Å². The van der Waals surface area contributed by atoms with Crippen LogP contribution >= 0.6 is 0 Å². The summed E-state index contributed by atoms with van der Waals surface area (Å²) in [5, 5.41) is 8.22. The second kappa shape index (κ2) is 7.56. The Kier molecular flexibility index (Phi) is 4.99. The van der Waals surface area contributed by atoms with Gasteiger partial charge in [-0.2, -0.15) is 5.10 Å². The van der Waals surface area contributed by atoms with Crippen molar-refractivity contribution in [2.45, 2.75) is 39.3 Å². The average Bonchev–Trinajstić information content (AvgIpc) is 3.32. The van der Waals surface area contributed by atoms with E-state index < -0.39 is 0 Å². The van der Waals surface area contributed by atoms with Crippen molar-refractivity contribution in [2.75, 3.05) is 25.1 Å². The predicted molar refractivity (Wildman–Crippen MR) is 107 cm³/mol. The van der Waals surface area contributed by atoms with E-state index in [9.17, 15) is 0 Å². The van der Waals surface area contributed by atoms with Gasteiger partial charge in [0, 0.05) is 18.2 Å². The van der Waals surface area contributed by atoms with Gasteiger partial charge in [0.15, 0.2) is 0 Å². The molecule has 1 aliphatic rings. The molecule has 0 saturated carbocycles. The highest BCUT2D eigenvalue weighted by Gasteiger charge is 2.20. The Labute approximate surface area is 159 Å². The highest BCUT2D eigenvalue weighted by Crippen LogP contribution is 2.31. The molecule has 0 radical (unpaired) electrons. The van der Waals surface area contributed by atoms with E-state index in [-0.39, 0.29) is 6.04 Å². The first kappa shape index (κ1) is 17.8. The summed E-state index contributed by atoms with van der Waals surface area (Å²) in [5.74, 6) is 0.872. The molecule has 4 rings (SSSR count). The summed E-state index contributed by atoms with van der Waals surface area (Å²) in [7, 11) is 0. The highest BCUT2D eigenvalue weighted by atomic mass is 16.5. The van der Waals surface area contributed by atoms with Crippen LogP contribution in [0.15, 0.2) is 36.5 Å². The standard InChI is InChI=1S/C21H26N4O2/c1-4-27-17-7-5-15(6-8-17)18-11-19(23-16-9-10-26-13-16)21-20(24-18)12-22-25(21)14(2)3/h5-8,11-12,14,16H,4,9-10,13H2,1-3H3,(H,23,24)/t16-/m1/s1. The lowest BCUT2D eigenvalue weighted by molar-refractivity contribution is 0.195. The average molecular weight is 366 g/mol. The fraction of sp³-hybridized carbons (Fsp3) is 0.429. The first-order valence-corrected chi connectivity index (χ1v) is 9.61. The van der Waals surface area contributed by atoms with Gasteiger partial charge in [0.2, 0.25) is 0 Å². The second-order valence-electron chi connectivity index (χ2n) is 7.13. The van der Waals surface area contributed by atoms with Gasteiger partial charge < -0.3 is 14.8 Å². The second-order valence-corrected chi connectivity index (χ2v) is 7.13. The fourth-order valence-electron chi connectivity index (χ4n) is 3.47. The molecule has 1 aromatic carbocycles. The van der Waals surface area contributed by atoms with Crippen molar-refractivity contribution < 1.29 is 9.47 Å². The molecule has 3 heterocycles. The third kappa shape index (κ3) is 3.62. The molecule has 0 amide bonds. The van der Waals surface area contributed by atoms with E-state index in [0.29, 0.717) is 12.6 Å². The number of nitrogens with one attached hydrogen (secondary N) is 1. The molecule has 1 fully saturated rings. The van der Waals surface area contributed by atoms with E-state index in [1.165, 1.54) is 0 Å². The number of fused-ring (bicyclic) bond motifs is 1. The quantitative estimate of drug-likeness (QED) is 0.706.